The number of rotatable bonds is 2. The fraction of sp³-hybridized carbons (Fsp3) is 0.333. The number of hydrogen-bond donors (Lipinski definition) is 1. The van der Waals surface area contributed by atoms with E-state index >= 15 is 0 Å². The molecule has 0 unspecified atom stereocenters. The summed E-state index contributed by atoms with van der Waals surface area (Å²) in [4.78, 5) is 24.3. The Morgan fingerprint density at radius 2 is 2.17 bits per heavy atom. The second kappa shape index (κ2) is 4.94. The lowest BCUT2D eigenvalue weighted by atomic mass is 10.1. The van der Waals surface area contributed by atoms with Gasteiger partial charge < -0.3 is 10.0 Å². The number of likely N-dealkylation sites (tertiary alicyclic amines) is 1. The normalized spacial score (nSPS) is 19.0. The third-order valence-electron chi connectivity index (χ3n) is 2.99. The van der Waals surface area contributed by atoms with Crippen molar-refractivity contribution < 1.29 is 19.1 Å². The Balaban J connectivity index is 2.12. The van der Waals surface area contributed by atoms with Gasteiger partial charge in [-0.1, -0.05) is 11.6 Å². The van der Waals surface area contributed by atoms with Crippen LogP contribution in [0.2, 0.25) is 5.02 Å². The Labute approximate surface area is 108 Å². The number of nitrogens with zero attached hydrogens (tertiary/aromatic N) is 1. The molecule has 1 atom stereocenters. The van der Waals surface area contributed by atoms with E-state index in [4.69, 9.17) is 16.7 Å². The lowest BCUT2D eigenvalue weighted by Crippen LogP contribution is -2.29. The average molecular weight is 272 g/mol. The van der Waals surface area contributed by atoms with E-state index in [0.29, 0.717) is 13.0 Å². The molecule has 18 heavy (non-hydrogen) atoms. The van der Waals surface area contributed by atoms with E-state index in [0.717, 1.165) is 6.07 Å². The van der Waals surface area contributed by atoms with Crippen molar-refractivity contribution in [2.45, 2.75) is 6.42 Å². The van der Waals surface area contributed by atoms with Gasteiger partial charge in [-0.25, -0.2) is 4.39 Å². The molecule has 0 aromatic heterocycles. The molecule has 2 rings (SSSR count). The fourth-order valence-corrected chi connectivity index (χ4v) is 2.14. The number of hydrogen-bond acceptors (Lipinski definition) is 2. The molecule has 1 fully saturated rings. The zero-order valence-electron chi connectivity index (χ0n) is 9.40. The summed E-state index contributed by atoms with van der Waals surface area (Å²) in [5, 5.41) is 8.74. The van der Waals surface area contributed by atoms with Gasteiger partial charge in [0.1, 0.15) is 5.82 Å². The quantitative estimate of drug-likeness (QED) is 0.895. The van der Waals surface area contributed by atoms with Gasteiger partial charge >= 0.3 is 5.97 Å². The molecule has 1 aliphatic heterocycles. The maximum atomic E-state index is 13.0. The van der Waals surface area contributed by atoms with Gasteiger partial charge in [0.2, 0.25) is 0 Å². The van der Waals surface area contributed by atoms with Crippen molar-refractivity contribution in [3.05, 3.63) is 34.6 Å². The number of benzene rings is 1. The molecule has 4 nitrogen and oxygen atoms in total. The van der Waals surface area contributed by atoms with Gasteiger partial charge in [0, 0.05) is 18.7 Å². The average Bonchev–Trinajstić information content (AvgIpc) is 2.81. The molecular formula is C12H11ClFNO3. The van der Waals surface area contributed by atoms with Crippen LogP contribution in [0.15, 0.2) is 18.2 Å². The third-order valence-corrected chi connectivity index (χ3v) is 3.28. The van der Waals surface area contributed by atoms with Crippen LogP contribution in [0, 0.1) is 11.7 Å². The molecule has 1 heterocycles. The fourth-order valence-electron chi connectivity index (χ4n) is 1.96. The first-order valence-corrected chi connectivity index (χ1v) is 5.84. The van der Waals surface area contributed by atoms with Crippen LogP contribution in [0.3, 0.4) is 0 Å². The SMILES string of the molecule is O=C(O)[C@H]1CCN(C(=O)c2ccc(F)c(Cl)c2)C1. The first-order valence-electron chi connectivity index (χ1n) is 5.46. The van der Waals surface area contributed by atoms with E-state index in [1.165, 1.54) is 17.0 Å². The Bertz CT molecular complexity index is 506. The van der Waals surface area contributed by atoms with Crippen molar-refractivity contribution >= 4 is 23.5 Å². The van der Waals surface area contributed by atoms with Crippen LogP contribution in [-0.2, 0) is 4.79 Å². The van der Waals surface area contributed by atoms with Crippen LogP contribution in [0.1, 0.15) is 16.8 Å². The molecule has 1 aromatic rings. The molecule has 96 valence electrons. The number of halogens is 2. The Morgan fingerprint density at radius 1 is 1.44 bits per heavy atom. The summed E-state index contributed by atoms with van der Waals surface area (Å²) in [7, 11) is 0. The summed E-state index contributed by atoms with van der Waals surface area (Å²) in [6.45, 7) is 0.577. The standard InChI is InChI=1S/C12H11ClFNO3/c13-9-5-7(1-2-10(9)14)11(16)15-4-3-8(6-15)12(17)18/h1-2,5,8H,3-4,6H2,(H,17,18)/t8-/m0/s1. The van der Waals surface area contributed by atoms with Crippen molar-refractivity contribution in [3.8, 4) is 0 Å². The molecule has 0 radical (unpaired) electrons. The Hall–Kier alpha value is -1.62. The maximum Gasteiger partial charge on any atom is 0.308 e. The summed E-state index contributed by atoms with van der Waals surface area (Å²) in [6, 6.07) is 3.73. The van der Waals surface area contributed by atoms with Crippen LogP contribution in [0.25, 0.3) is 0 Å². The van der Waals surface area contributed by atoms with Crippen molar-refractivity contribution in [3.63, 3.8) is 0 Å². The van der Waals surface area contributed by atoms with Crippen LogP contribution in [0.5, 0.6) is 0 Å². The van der Waals surface area contributed by atoms with E-state index < -0.39 is 17.7 Å². The summed E-state index contributed by atoms with van der Waals surface area (Å²) >= 11 is 5.60. The number of carboxylic acid groups (broad SMARTS) is 1. The molecule has 0 spiro atoms. The molecule has 1 saturated heterocycles. The Kier molecular flexibility index (Phi) is 3.52. The highest BCUT2D eigenvalue weighted by molar-refractivity contribution is 6.31. The van der Waals surface area contributed by atoms with Crippen LogP contribution in [-0.4, -0.2) is 35.0 Å². The van der Waals surface area contributed by atoms with Crippen LogP contribution in [0.4, 0.5) is 4.39 Å². The van der Waals surface area contributed by atoms with Gasteiger partial charge in [-0.05, 0) is 24.6 Å². The van der Waals surface area contributed by atoms with Crippen molar-refractivity contribution in [1.82, 2.24) is 4.90 Å². The first kappa shape index (κ1) is 12.8. The van der Waals surface area contributed by atoms with Crippen LogP contribution >= 0.6 is 11.6 Å². The molecule has 0 aliphatic carbocycles. The minimum Gasteiger partial charge on any atom is -0.481 e. The van der Waals surface area contributed by atoms with Gasteiger partial charge in [-0.15, -0.1) is 0 Å². The summed E-state index contributed by atoms with van der Waals surface area (Å²) in [6.07, 6.45) is 0.440. The topological polar surface area (TPSA) is 57.6 Å². The second-order valence-corrected chi connectivity index (χ2v) is 4.61. The summed E-state index contributed by atoms with van der Waals surface area (Å²) < 4.78 is 13.0. The number of amides is 1. The lowest BCUT2D eigenvalue weighted by Gasteiger charge is -2.15. The monoisotopic (exact) mass is 271 g/mol. The summed E-state index contributed by atoms with van der Waals surface area (Å²) in [5.41, 5.74) is 0.271. The Morgan fingerprint density at radius 3 is 2.72 bits per heavy atom. The highest BCUT2D eigenvalue weighted by Crippen LogP contribution is 2.21. The highest BCUT2D eigenvalue weighted by Gasteiger charge is 2.31. The molecular weight excluding hydrogens is 261 g/mol. The molecule has 6 heteroatoms. The van der Waals surface area contributed by atoms with Crippen molar-refractivity contribution in [1.29, 1.82) is 0 Å². The number of aliphatic carboxylic acids is 1. The largest absolute Gasteiger partial charge is 0.481 e. The lowest BCUT2D eigenvalue weighted by molar-refractivity contribution is -0.141. The number of carboxylic acids is 1. The smallest absolute Gasteiger partial charge is 0.308 e. The number of carbonyl (C=O) groups is 2. The van der Waals surface area contributed by atoms with Gasteiger partial charge in [0.25, 0.3) is 5.91 Å². The highest BCUT2D eigenvalue weighted by atomic mass is 35.5. The van der Waals surface area contributed by atoms with Crippen LogP contribution < -0.4 is 0 Å². The molecule has 1 aliphatic rings. The zero-order valence-corrected chi connectivity index (χ0v) is 10.2. The first-order chi connectivity index (χ1) is 8.49. The maximum absolute atomic E-state index is 13.0. The van der Waals surface area contributed by atoms with Gasteiger partial charge in [0.05, 0.1) is 10.9 Å². The molecule has 0 saturated carbocycles. The minimum absolute atomic E-state index is 0.116. The molecule has 1 N–H and O–H groups in total. The third kappa shape index (κ3) is 2.46. The predicted octanol–water partition coefficient (Wildman–Crippen LogP) is 2.03. The van der Waals surface area contributed by atoms with Crippen molar-refractivity contribution in [2.75, 3.05) is 13.1 Å². The van der Waals surface area contributed by atoms with E-state index in [-0.39, 0.29) is 23.0 Å². The molecule has 1 aromatic carbocycles. The van der Waals surface area contributed by atoms with E-state index in [9.17, 15) is 14.0 Å². The zero-order chi connectivity index (χ0) is 13.3. The molecule has 1 amide bonds. The van der Waals surface area contributed by atoms with E-state index in [1.807, 2.05) is 0 Å². The molecule has 0 bridgehead atoms. The predicted molar refractivity (Wildman–Crippen MR) is 63.1 cm³/mol. The van der Waals surface area contributed by atoms with Gasteiger partial charge in [-0.2, -0.15) is 0 Å². The van der Waals surface area contributed by atoms with Crippen molar-refractivity contribution in [2.24, 2.45) is 5.92 Å². The summed E-state index contributed by atoms with van der Waals surface area (Å²) in [5.74, 6) is -2.33. The second-order valence-electron chi connectivity index (χ2n) is 4.20. The van der Waals surface area contributed by atoms with E-state index in [2.05, 4.69) is 0 Å². The van der Waals surface area contributed by atoms with E-state index in [1.54, 1.807) is 0 Å². The minimum atomic E-state index is -0.901. The number of carbonyl (C=O) groups excluding carboxylic acids is 1. The van der Waals surface area contributed by atoms with Gasteiger partial charge in [-0.3, -0.25) is 9.59 Å². The van der Waals surface area contributed by atoms with Gasteiger partial charge in [0.15, 0.2) is 0 Å².